The number of rotatable bonds is 12. The van der Waals surface area contributed by atoms with Crippen molar-refractivity contribution >= 4 is 35.9 Å². The summed E-state index contributed by atoms with van der Waals surface area (Å²) in [6, 6.07) is 12.2. The molecule has 6 rings (SSSR count). The molecule has 0 radical (unpaired) electrons. The first-order valence-electron chi connectivity index (χ1n) is 21.2. The summed E-state index contributed by atoms with van der Waals surface area (Å²) < 4.78 is 166. The lowest BCUT2D eigenvalue weighted by molar-refractivity contribution is -0.144. The summed E-state index contributed by atoms with van der Waals surface area (Å²) in [6.45, 7) is -0.352. The fraction of sp³-hybridized carbons (Fsp3) is 0.347. The zero-order valence-electron chi connectivity index (χ0n) is 37.4. The van der Waals surface area contributed by atoms with Gasteiger partial charge in [-0.15, -0.1) is 0 Å². The lowest BCUT2D eigenvalue weighted by atomic mass is 10.0. The van der Waals surface area contributed by atoms with Crippen molar-refractivity contribution < 1.29 is 86.4 Å². The van der Waals surface area contributed by atoms with E-state index in [1.807, 2.05) is 18.2 Å². The van der Waals surface area contributed by atoms with Crippen LogP contribution in [0.25, 0.3) is 12.2 Å². The van der Waals surface area contributed by atoms with Crippen LogP contribution in [-0.2, 0) is 69.8 Å². The van der Waals surface area contributed by atoms with Gasteiger partial charge in [0, 0.05) is 20.5 Å². The molecule has 2 aliphatic rings. The van der Waals surface area contributed by atoms with E-state index in [1.54, 1.807) is 37.3 Å². The van der Waals surface area contributed by atoms with Crippen LogP contribution in [-0.4, -0.2) is 59.4 Å². The van der Waals surface area contributed by atoms with Crippen molar-refractivity contribution in [1.29, 1.82) is 0 Å². The van der Waals surface area contributed by atoms with Crippen molar-refractivity contribution in [3.05, 3.63) is 152 Å². The molecule has 4 aromatic rings. The fourth-order valence-electron chi connectivity index (χ4n) is 7.74. The number of halogens is 12. The van der Waals surface area contributed by atoms with Gasteiger partial charge in [-0.2, -0.15) is 52.7 Å². The van der Waals surface area contributed by atoms with Gasteiger partial charge in [0.2, 0.25) is 0 Å². The Bertz CT molecular complexity index is 2390. The van der Waals surface area contributed by atoms with Gasteiger partial charge in [-0.3, -0.25) is 9.59 Å². The van der Waals surface area contributed by atoms with E-state index in [2.05, 4.69) is 0 Å². The molecule has 0 fully saturated rings. The molecule has 0 saturated carbocycles. The lowest BCUT2D eigenvalue weighted by Crippen LogP contribution is -2.30. The van der Waals surface area contributed by atoms with E-state index < -0.39 is 102 Å². The molecule has 0 aromatic heterocycles. The van der Waals surface area contributed by atoms with E-state index in [-0.39, 0.29) is 24.0 Å². The van der Waals surface area contributed by atoms with Crippen molar-refractivity contribution in [1.82, 2.24) is 9.80 Å². The van der Waals surface area contributed by atoms with Crippen LogP contribution in [0.1, 0.15) is 105 Å². The van der Waals surface area contributed by atoms with Crippen LogP contribution in [0.4, 0.5) is 62.3 Å². The lowest BCUT2D eigenvalue weighted by Gasteiger charge is -2.25. The molecule has 1 N–H and O–H groups in total. The third-order valence-electron chi connectivity index (χ3n) is 11.4. The largest absolute Gasteiger partial charge is 0.445 e. The summed E-state index contributed by atoms with van der Waals surface area (Å²) in [6.07, 6.45) is -13.0. The first kappa shape index (κ1) is 54.3. The number of hydrogen-bond acceptors (Lipinski definition) is 7. The van der Waals surface area contributed by atoms with Crippen LogP contribution >= 0.6 is 0 Å². The molecule has 2 aliphatic carbocycles. The Morgan fingerprint density at radius 1 is 0.557 bits per heavy atom. The zero-order valence-corrected chi connectivity index (χ0v) is 37.4. The topological polar surface area (TPSA) is 113 Å². The Hall–Kier alpha value is -6.64. The smallest absolute Gasteiger partial charge is 0.416 e. The van der Waals surface area contributed by atoms with Gasteiger partial charge in [-0.05, 0) is 119 Å². The molecule has 0 spiro atoms. The van der Waals surface area contributed by atoms with Crippen LogP contribution in [0.2, 0.25) is 0 Å². The average Bonchev–Trinajstić information content (AvgIpc) is 3.93. The van der Waals surface area contributed by atoms with Gasteiger partial charge in [-0.25, -0.2) is 9.59 Å². The van der Waals surface area contributed by atoms with Crippen molar-refractivity contribution in [2.75, 3.05) is 20.7 Å². The Morgan fingerprint density at radius 2 is 0.900 bits per heavy atom. The van der Waals surface area contributed by atoms with Crippen molar-refractivity contribution in [3.63, 3.8) is 0 Å². The zero-order chi connectivity index (χ0) is 51.9. The minimum Gasteiger partial charge on any atom is -0.445 e. The predicted molar refractivity (Wildman–Crippen MR) is 229 cm³/mol. The molecular weight excluding hydrogens is 957 g/mol. The average molecular weight is 1000 g/mol. The monoisotopic (exact) mass is 1000 g/mol. The van der Waals surface area contributed by atoms with Crippen LogP contribution < -0.4 is 0 Å². The van der Waals surface area contributed by atoms with Gasteiger partial charge >= 0.3 is 36.9 Å². The molecule has 9 nitrogen and oxygen atoms in total. The van der Waals surface area contributed by atoms with Gasteiger partial charge in [0.05, 0.1) is 34.3 Å². The van der Waals surface area contributed by atoms with Crippen LogP contribution in [0, 0.1) is 0 Å². The highest BCUT2D eigenvalue weighted by molar-refractivity contribution is 5.94. The molecule has 4 aromatic carbocycles. The van der Waals surface area contributed by atoms with Crippen molar-refractivity contribution in [2.45, 2.75) is 89.0 Å². The number of allylic oxidation sites excluding steroid dienone is 1. The summed E-state index contributed by atoms with van der Waals surface area (Å²) in [5.74, 6) is -0.456. The van der Waals surface area contributed by atoms with E-state index >= 15 is 0 Å². The van der Waals surface area contributed by atoms with E-state index in [0.29, 0.717) is 56.4 Å². The van der Waals surface area contributed by atoms with E-state index in [1.165, 1.54) is 36.0 Å². The SMILES string of the molecule is CCC(=O)/C=C/c1ccc2c(c1)CCC2N(C)C(=O)OCc1cc(C(F)(F)F)cc(C(F)(F)F)c1.CN(C(=O)OCc1cc(C(F)(F)F)cc(C(F)(F)F)c1)C1CCc2cc(/C=C/C(=O)CO)ccc21. The number of aryl methyl sites for hydroxylation is 2. The predicted octanol–water partition coefficient (Wildman–Crippen LogP) is 12.5. The molecule has 2 unspecified atom stereocenters. The number of amides is 2. The molecule has 376 valence electrons. The van der Waals surface area contributed by atoms with Gasteiger partial charge in [-0.1, -0.05) is 55.5 Å². The molecule has 0 bridgehead atoms. The minimum absolute atomic E-state index is 0.00558. The number of ketones is 2. The molecule has 0 saturated heterocycles. The first-order chi connectivity index (χ1) is 32.6. The number of fused-ring (bicyclic) bond motifs is 2. The Balaban J connectivity index is 0.000000261. The molecule has 2 amide bonds. The molecule has 70 heavy (non-hydrogen) atoms. The van der Waals surface area contributed by atoms with Crippen molar-refractivity contribution in [2.24, 2.45) is 0 Å². The van der Waals surface area contributed by atoms with Gasteiger partial charge in [0.1, 0.15) is 19.8 Å². The third-order valence-corrected chi connectivity index (χ3v) is 11.4. The number of benzene rings is 4. The maximum absolute atomic E-state index is 13.0. The molecule has 21 heteroatoms. The minimum atomic E-state index is -5.00. The van der Waals surface area contributed by atoms with Crippen LogP contribution in [0.3, 0.4) is 0 Å². The Kier molecular flexibility index (Phi) is 17.0. The van der Waals surface area contributed by atoms with Crippen LogP contribution in [0.15, 0.2) is 84.9 Å². The van der Waals surface area contributed by atoms with Gasteiger partial charge in [0.15, 0.2) is 11.6 Å². The van der Waals surface area contributed by atoms with E-state index in [4.69, 9.17) is 14.6 Å². The number of ether oxygens (including phenoxy) is 2. The Labute approximate surface area is 393 Å². The summed E-state index contributed by atoms with van der Waals surface area (Å²) in [4.78, 5) is 50.3. The number of carbonyl (C=O) groups excluding carboxylic acids is 4. The Morgan fingerprint density at radius 3 is 1.21 bits per heavy atom. The molecular formula is C49H44F12N2O7. The second kappa shape index (κ2) is 22.0. The number of aliphatic hydroxyl groups excluding tert-OH is 1. The number of alkyl halides is 12. The standard InChI is InChI=1S/C25H23F6NO3.C24H21F6NO4/c1-3-20(33)7-4-15-5-8-21-17(10-15)6-9-22(21)32(2)23(34)35-14-16-11-18(24(26,27)28)13-19(12-16)25(29,30)31;1-31(21-7-4-16-8-14(3-6-20(16)21)2-5-19(33)12-32)22(34)35-13-15-9-17(23(25,26)27)11-18(10-15)24(28,29)30/h4-5,7-8,10-13,22H,3,6,9,14H2,1-2H3;2-3,5-6,8-11,21,32H,4,7,12-13H2,1H3/b7-4+;5-2+. The summed E-state index contributed by atoms with van der Waals surface area (Å²) in [5.41, 5.74) is -1.63. The fourth-order valence-corrected chi connectivity index (χ4v) is 7.74. The molecule has 0 aliphatic heterocycles. The van der Waals surface area contributed by atoms with Gasteiger partial charge in [0.25, 0.3) is 0 Å². The quantitative estimate of drug-likeness (QED) is 0.111. The number of nitrogens with zero attached hydrogens (tertiary/aromatic N) is 2. The third kappa shape index (κ3) is 14.2. The highest BCUT2D eigenvalue weighted by atomic mass is 19.4. The van der Waals surface area contributed by atoms with E-state index in [9.17, 15) is 71.9 Å². The first-order valence-corrected chi connectivity index (χ1v) is 21.2. The maximum atomic E-state index is 13.0. The van der Waals surface area contributed by atoms with Crippen molar-refractivity contribution in [3.8, 4) is 0 Å². The van der Waals surface area contributed by atoms with Gasteiger partial charge < -0.3 is 24.4 Å². The van der Waals surface area contributed by atoms with Crippen LogP contribution in [0.5, 0.6) is 0 Å². The maximum Gasteiger partial charge on any atom is 0.416 e. The highest BCUT2D eigenvalue weighted by Crippen LogP contribution is 2.40. The second-order valence-corrected chi connectivity index (χ2v) is 16.3. The summed E-state index contributed by atoms with van der Waals surface area (Å²) in [5, 5.41) is 8.78. The summed E-state index contributed by atoms with van der Waals surface area (Å²) in [7, 11) is 2.90. The highest BCUT2D eigenvalue weighted by Gasteiger charge is 2.39. The molecule has 2 atom stereocenters. The number of hydrogen-bond donors (Lipinski definition) is 1. The van der Waals surface area contributed by atoms with E-state index in [0.717, 1.165) is 33.4 Å². The summed E-state index contributed by atoms with van der Waals surface area (Å²) >= 11 is 0. The number of carbonyl (C=O) groups is 4. The normalized spacial score (nSPS) is 15.8. The molecule has 0 heterocycles. The number of aliphatic hydroxyl groups is 1. The second-order valence-electron chi connectivity index (χ2n) is 16.3.